The van der Waals surface area contributed by atoms with Gasteiger partial charge in [-0.3, -0.25) is 0 Å². The van der Waals surface area contributed by atoms with Gasteiger partial charge in [-0.2, -0.15) is 0 Å². The van der Waals surface area contributed by atoms with Crippen LogP contribution in [-0.2, 0) is 17.6 Å². The maximum atomic E-state index is 13.9. The van der Waals surface area contributed by atoms with Crippen LogP contribution in [0.15, 0.2) is 54.6 Å². The SMILES string of the molecule is COCCNCC(Cc1ccccc1)Cc1ccccc1F. The second-order valence-electron chi connectivity index (χ2n) is 5.55. The van der Waals surface area contributed by atoms with E-state index in [0.717, 1.165) is 31.5 Å². The van der Waals surface area contributed by atoms with Crippen molar-refractivity contribution in [2.75, 3.05) is 26.8 Å². The van der Waals surface area contributed by atoms with Gasteiger partial charge in [-0.05, 0) is 42.5 Å². The van der Waals surface area contributed by atoms with Crippen molar-refractivity contribution in [3.05, 3.63) is 71.5 Å². The molecule has 0 radical (unpaired) electrons. The van der Waals surface area contributed by atoms with E-state index in [2.05, 4.69) is 17.4 Å². The van der Waals surface area contributed by atoms with E-state index in [0.29, 0.717) is 12.5 Å². The molecule has 22 heavy (non-hydrogen) atoms. The van der Waals surface area contributed by atoms with Crippen LogP contribution >= 0.6 is 0 Å². The lowest BCUT2D eigenvalue weighted by Gasteiger charge is -2.18. The second-order valence-corrected chi connectivity index (χ2v) is 5.55. The summed E-state index contributed by atoms with van der Waals surface area (Å²) in [5, 5.41) is 3.40. The number of hydrogen-bond donors (Lipinski definition) is 1. The lowest BCUT2D eigenvalue weighted by Crippen LogP contribution is -2.28. The topological polar surface area (TPSA) is 21.3 Å². The van der Waals surface area contributed by atoms with Crippen LogP contribution in [0.3, 0.4) is 0 Å². The van der Waals surface area contributed by atoms with Crippen LogP contribution in [0.2, 0.25) is 0 Å². The minimum atomic E-state index is -0.113. The molecule has 2 rings (SSSR count). The first-order valence-corrected chi connectivity index (χ1v) is 7.76. The average molecular weight is 301 g/mol. The van der Waals surface area contributed by atoms with Gasteiger partial charge in [0.05, 0.1) is 6.61 Å². The molecular formula is C19H24FNO. The van der Waals surface area contributed by atoms with Gasteiger partial charge in [-0.25, -0.2) is 4.39 Å². The zero-order valence-electron chi connectivity index (χ0n) is 13.1. The molecule has 1 unspecified atom stereocenters. The summed E-state index contributed by atoms with van der Waals surface area (Å²) >= 11 is 0. The van der Waals surface area contributed by atoms with Crippen LogP contribution in [-0.4, -0.2) is 26.8 Å². The van der Waals surface area contributed by atoms with Gasteiger partial charge in [-0.15, -0.1) is 0 Å². The van der Waals surface area contributed by atoms with Crippen LogP contribution in [0.5, 0.6) is 0 Å². The summed E-state index contributed by atoms with van der Waals surface area (Å²) in [6, 6.07) is 17.4. The molecule has 2 aromatic carbocycles. The fourth-order valence-corrected chi connectivity index (χ4v) is 2.62. The van der Waals surface area contributed by atoms with Gasteiger partial charge >= 0.3 is 0 Å². The van der Waals surface area contributed by atoms with Crippen molar-refractivity contribution in [1.29, 1.82) is 0 Å². The van der Waals surface area contributed by atoms with E-state index in [1.54, 1.807) is 13.2 Å². The third-order valence-corrected chi connectivity index (χ3v) is 3.75. The molecule has 2 aromatic rings. The van der Waals surface area contributed by atoms with Crippen molar-refractivity contribution in [2.24, 2.45) is 5.92 Å². The minimum absolute atomic E-state index is 0.113. The van der Waals surface area contributed by atoms with Gasteiger partial charge in [0, 0.05) is 13.7 Å². The number of rotatable bonds is 9. The summed E-state index contributed by atoms with van der Waals surface area (Å²) < 4.78 is 18.9. The highest BCUT2D eigenvalue weighted by atomic mass is 19.1. The Morgan fingerprint density at radius 3 is 2.45 bits per heavy atom. The average Bonchev–Trinajstić information content (AvgIpc) is 2.54. The summed E-state index contributed by atoms with van der Waals surface area (Å²) in [6.45, 7) is 2.36. The Hall–Kier alpha value is -1.71. The monoisotopic (exact) mass is 301 g/mol. The summed E-state index contributed by atoms with van der Waals surface area (Å²) in [5.41, 5.74) is 2.08. The fourth-order valence-electron chi connectivity index (χ4n) is 2.62. The second kappa shape index (κ2) is 9.34. The summed E-state index contributed by atoms with van der Waals surface area (Å²) in [6.07, 6.45) is 1.68. The highest BCUT2D eigenvalue weighted by molar-refractivity contribution is 5.20. The van der Waals surface area contributed by atoms with E-state index in [-0.39, 0.29) is 5.82 Å². The van der Waals surface area contributed by atoms with E-state index < -0.39 is 0 Å². The fraction of sp³-hybridized carbons (Fsp3) is 0.368. The molecule has 1 atom stereocenters. The molecule has 118 valence electrons. The molecular weight excluding hydrogens is 277 g/mol. The third-order valence-electron chi connectivity index (χ3n) is 3.75. The van der Waals surface area contributed by atoms with Crippen LogP contribution in [0.25, 0.3) is 0 Å². The molecule has 0 aliphatic heterocycles. The van der Waals surface area contributed by atoms with Crippen molar-refractivity contribution in [3.8, 4) is 0 Å². The van der Waals surface area contributed by atoms with Gasteiger partial charge in [0.2, 0.25) is 0 Å². The Balaban J connectivity index is 1.99. The number of benzene rings is 2. The van der Waals surface area contributed by atoms with Crippen LogP contribution < -0.4 is 5.32 Å². The van der Waals surface area contributed by atoms with Gasteiger partial charge < -0.3 is 10.1 Å². The lowest BCUT2D eigenvalue weighted by molar-refractivity contribution is 0.197. The number of halogens is 1. The Morgan fingerprint density at radius 1 is 1.00 bits per heavy atom. The van der Waals surface area contributed by atoms with Crippen LogP contribution in [0.4, 0.5) is 4.39 Å². The Kier molecular flexibility index (Phi) is 7.07. The zero-order valence-corrected chi connectivity index (χ0v) is 13.1. The van der Waals surface area contributed by atoms with Crippen LogP contribution in [0.1, 0.15) is 11.1 Å². The molecule has 0 amide bonds. The Labute approximate surface area is 132 Å². The zero-order chi connectivity index (χ0) is 15.6. The van der Waals surface area contributed by atoms with E-state index in [4.69, 9.17) is 4.74 Å². The third kappa shape index (κ3) is 5.58. The van der Waals surface area contributed by atoms with Gasteiger partial charge in [0.15, 0.2) is 0 Å². The van der Waals surface area contributed by atoms with E-state index in [1.807, 2.05) is 30.3 Å². The highest BCUT2D eigenvalue weighted by Gasteiger charge is 2.13. The van der Waals surface area contributed by atoms with Crippen molar-refractivity contribution in [2.45, 2.75) is 12.8 Å². The number of methoxy groups -OCH3 is 1. The van der Waals surface area contributed by atoms with Gasteiger partial charge in [-0.1, -0.05) is 48.5 Å². The maximum Gasteiger partial charge on any atom is 0.126 e. The van der Waals surface area contributed by atoms with Gasteiger partial charge in [0.1, 0.15) is 5.82 Å². The molecule has 1 N–H and O–H groups in total. The first kappa shape index (κ1) is 16.7. The molecule has 2 nitrogen and oxygen atoms in total. The molecule has 0 saturated carbocycles. The summed E-state index contributed by atoms with van der Waals surface area (Å²) in [4.78, 5) is 0. The minimum Gasteiger partial charge on any atom is -0.383 e. The molecule has 3 heteroatoms. The smallest absolute Gasteiger partial charge is 0.126 e. The molecule has 0 saturated heterocycles. The summed E-state index contributed by atoms with van der Waals surface area (Å²) in [5.74, 6) is 0.244. The first-order valence-electron chi connectivity index (χ1n) is 7.76. The van der Waals surface area contributed by atoms with Gasteiger partial charge in [0.25, 0.3) is 0 Å². The Morgan fingerprint density at radius 2 is 1.73 bits per heavy atom. The molecule has 0 aromatic heterocycles. The van der Waals surface area contributed by atoms with E-state index >= 15 is 0 Å². The van der Waals surface area contributed by atoms with Crippen LogP contribution in [0, 0.1) is 11.7 Å². The number of ether oxygens (including phenoxy) is 1. The van der Waals surface area contributed by atoms with Crippen molar-refractivity contribution in [1.82, 2.24) is 5.32 Å². The highest BCUT2D eigenvalue weighted by Crippen LogP contribution is 2.16. The largest absolute Gasteiger partial charge is 0.383 e. The molecule has 0 spiro atoms. The predicted molar refractivity (Wildman–Crippen MR) is 88.5 cm³/mol. The standard InChI is InChI=1S/C19H24FNO/c1-22-12-11-21-15-17(13-16-7-3-2-4-8-16)14-18-9-5-6-10-19(18)20/h2-10,17,21H,11-15H2,1H3. The Bertz CT molecular complexity index is 544. The van der Waals surface area contributed by atoms with Crippen molar-refractivity contribution >= 4 is 0 Å². The maximum absolute atomic E-state index is 13.9. The molecule has 0 heterocycles. The quantitative estimate of drug-likeness (QED) is 0.716. The number of nitrogens with one attached hydrogen (secondary N) is 1. The normalized spacial score (nSPS) is 12.3. The predicted octanol–water partition coefficient (Wildman–Crippen LogP) is 3.46. The molecule has 0 aliphatic rings. The van der Waals surface area contributed by atoms with E-state index in [1.165, 1.54) is 11.6 Å². The van der Waals surface area contributed by atoms with E-state index in [9.17, 15) is 4.39 Å². The first-order chi connectivity index (χ1) is 10.8. The lowest BCUT2D eigenvalue weighted by atomic mass is 9.92. The summed E-state index contributed by atoms with van der Waals surface area (Å²) in [7, 11) is 1.70. The molecule has 0 bridgehead atoms. The number of hydrogen-bond acceptors (Lipinski definition) is 2. The molecule has 0 aliphatic carbocycles. The van der Waals surface area contributed by atoms with Crippen molar-refractivity contribution < 1.29 is 9.13 Å². The van der Waals surface area contributed by atoms with Crippen molar-refractivity contribution in [3.63, 3.8) is 0 Å². The molecule has 0 fully saturated rings.